The largest absolute Gasteiger partial charge is 0.490 e. The Labute approximate surface area is 230 Å². The first-order valence-electron chi connectivity index (χ1n) is 13.1. The predicted octanol–water partition coefficient (Wildman–Crippen LogP) is 3.91. The summed E-state index contributed by atoms with van der Waals surface area (Å²) in [5.41, 5.74) is 0.513. The highest BCUT2D eigenvalue weighted by molar-refractivity contribution is 7.94. The van der Waals surface area contributed by atoms with Gasteiger partial charge in [-0.3, -0.25) is 9.52 Å². The molecule has 212 valence electrons. The van der Waals surface area contributed by atoms with Gasteiger partial charge in [-0.15, -0.1) is 11.3 Å². The monoisotopic (exact) mass is 567 g/mol. The van der Waals surface area contributed by atoms with Gasteiger partial charge in [0.1, 0.15) is 9.96 Å². The molecule has 1 aliphatic rings. The fourth-order valence-corrected chi connectivity index (χ4v) is 6.47. The fraction of sp³-hybridized carbons (Fsp3) is 0.593. The summed E-state index contributed by atoms with van der Waals surface area (Å²) in [6.07, 6.45) is 2.36. The van der Waals surface area contributed by atoms with Crippen molar-refractivity contribution < 1.29 is 27.8 Å². The lowest BCUT2D eigenvalue weighted by molar-refractivity contribution is -0.0137. The van der Waals surface area contributed by atoms with Gasteiger partial charge in [-0.25, -0.2) is 8.42 Å². The van der Waals surface area contributed by atoms with E-state index in [0.29, 0.717) is 25.4 Å². The predicted molar refractivity (Wildman–Crippen MR) is 151 cm³/mol. The molecule has 38 heavy (non-hydrogen) atoms. The molecule has 0 saturated heterocycles. The number of ether oxygens (including phenoxy) is 2. The molecule has 2 N–H and O–H groups in total. The van der Waals surface area contributed by atoms with Gasteiger partial charge < -0.3 is 24.4 Å². The van der Waals surface area contributed by atoms with Crippen LogP contribution in [0.3, 0.4) is 0 Å². The van der Waals surface area contributed by atoms with E-state index in [4.69, 9.17) is 9.47 Å². The lowest BCUT2D eigenvalue weighted by Crippen LogP contribution is -2.47. The Hall–Kier alpha value is -2.18. The third-order valence-electron chi connectivity index (χ3n) is 6.61. The number of nitrogens with zero attached hydrogens (tertiary/aromatic N) is 2. The lowest BCUT2D eigenvalue weighted by Gasteiger charge is -2.35. The van der Waals surface area contributed by atoms with Crippen LogP contribution in [0.25, 0.3) is 0 Å². The SMILES string of the molecule is C[C@H](CO)N1C[C@H](C)[C@@H](CN(C)C)OCCCC[C@H](C)Oc2ccc(NS(=O)(=O)c3cccs3)cc2C1=O. The number of rotatable bonds is 7. The number of carbonyl (C=O) groups excluding carboxylic acids is 1. The lowest BCUT2D eigenvalue weighted by atomic mass is 10.0. The van der Waals surface area contributed by atoms with Gasteiger partial charge in [0.25, 0.3) is 15.9 Å². The number of hydrogen-bond acceptors (Lipinski definition) is 8. The third-order valence-corrected chi connectivity index (χ3v) is 9.39. The summed E-state index contributed by atoms with van der Waals surface area (Å²) in [5, 5.41) is 11.7. The van der Waals surface area contributed by atoms with Crippen LogP contribution >= 0.6 is 11.3 Å². The number of nitrogens with one attached hydrogen (secondary N) is 1. The third kappa shape index (κ3) is 8.16. The van der Waals surface area contributed by atoms with E-state index in [1.165, 1.54) is 12.1 Å². The van der Waals surface area contributed by atoms with Crippen molar-refractivity contribution in [3.63, 3.8) is 0 Å². The van der Waals surface area contributed by atoms with E-state index in [1.807, 2.05) is 21.0 Å². The molecule has 0 saturated carbocycles. The maximum atomic E-state index is 14.0. The molecule has 1 aliphatic heterocycles. The molecular formula is C27H41N3O6S2. The molecule has 0 radical (unpaired) electrons. The van der Waals surface area contributed by atoms with Crippen molar-refractivity contribution >= 4 is 33.0 Å². The normalized spacial score (nSPS) is 22.9. The Morgan fingerprint density at radius 1 is 1.24 bits per heavy atom. The van der Waals surface area contributed by atoms with Crippen LogP contribution in [0, 0.1) is 5.92 Å². The zero-order valence-electron chi connectivity index (χ0n) is 22.9. The van der Waals surface area contributed by atoms with Crippen molar-refractivity contribution in [2.45, 2.75) is 62.5 Å². The van der Waals surface area contributed by atoms with Crippen LogP contribution in [-0.4, -0.2) is 87.9 Å². The Morgan fingerprint density at radius 2 is 2.00 bits per heavy atom. The van der Waals surface area contributed by atoms with Gasteiger partial charge in [0.2, 0.25) is 0 Å². The van der Waals surface area contributed by atoms with Gasteiger partial charge in [-0.05, 0) is 76.9 Å². The molecule has 0 aliphatic carbocycles. The van der Waals surface area contributed by atoms with E-state index < -0.39 is 16.1 Å². The summed E-state index contributed by atoms with van der Waals surface area (Å²) >= 11 is 1.12. The highest BCUT2D eigenvalue weighted by atomic mass is 32.2. The zero-order chi connectivity index (χ0) is 27.9. The average molecular weight is 568 g/mol. The summed E-state index contributed by atoms with van der Waals surface area (Å²) < 4.78 is 40.9. The van der Waals surface area contributed by atoms with Crippen LogP contribution in [-0.2, 0) is 14.8 Å². The van der Waals surface area contributed by atoms with Gasteiger partial charge in [0.15, 0.2) is 0 Å². The number of fused-ring (bicyclic) bond motifs is 1. The molecule has 1 aromatic carbocycles. The number of aliphatic hydroxyl groups is 1. The maximum Gasteiger partial charge on any atom is 0.271 e. The number of aliphatic hydroxyl groups excluding tert-OH is 1. The number of likely N-dealkylation sites (N-methyl/N-ethyl adjacent to an activating group) is 1. The standard InChI is InChI=1S/C27H41N3O6S2/c1-19-16-30(20(2)18-31)27(32)23-15-22(28-38(33,34)26-10-8-14-37-26)11-12-24(23)36-21(3)9-6-7-13-35-25(19)17-29(4)5/h8,10-12,14-15,19-21,25,28,31H,6-7,9,13,16-18H2,1-5H3/t19-,20+,21-,25+/m0/s1. The van der Waals surface area contributed by atoms with Crippen LogP contribution in [0.5, 0.6) is 5.75 Å². The second kappa shape index (κ2) is 13.7. The number of benzene rings is 1. The number of hydrogen-bond donors (Lipinski definition) is 2. The quantitative estimate of drug-likeness (QED) is 0.522. The van der Waals surface area contributed by atoms with Crippen molar-refractivity contribution in [1.82, 2.24) is 9.80 Å². The Morgan fingerprint density at radius 3 is 2.66 bits per heavy atom. The summed E-state index contributed by atoms with van der Waals surface area (Å²) in [4.78, 5) is 17.7. The number of thiophene rings is 1. The minimum atomic E-state index is -3.79. The summed E-state index contributed by atoms with van der Waals surface area (Å²) in [6.45, 7) is 7.29. The number of carbonyl (C=O) groups is 1. The van der Waals surface area contributed by atoms with Crippen LogP contribution in [0.15, 0.2) is 39.9 Å². The minimum absolute atomic E-state index is 0.0119. The van der Waals surface area contributed by atoms with Gasteiger partial charge in [0, 0.05) is 31.3 Å². The zero-order valence-corrected chi connectivity index (χ0v) is 24.6. The number of anilines is 1. The van der Waals surface area contributed by atoms with Crippen LogP contribution in [0.1, 0.15) is 50.4 Å². The Bertz CT molecular complexity index is 1140. The molecule has 0 bridgehead atoms. The molecule has 0 unspecified atom stereocenters. The molecule has 2 heterocycles. The van der Waals surface area contributed by atoms with E-state index >= 15 is 0 Å². The van der Waals surface area contributed by atoms with Crippen molar-refractivity contribution in [2.75, 3.05) is 45.1 Å². The van der Waals surface area contributed by atoms with Gasteiger partial charge >= 0.3 is 0 Å². The molecule has 3 rings (SSSR count). The van der Waals surface area contributed by atoms with Gasteiger partial charge in [-0.2, -0.15) is 0 Å². The van der Waals surface area contributed by atoms with Crippen LogP contribution in [0.4, 0.5) is 5.69 Å². The van der Waals surface area contributed by atoms with Crippen LogP contribution < -0.4 is 9.46 Å². The Kier molecular flexibility index (Phi) is 11.0. The smallest absolute Gasteiger partial charge is 0.271 e. The van der Waals surface area contributed by atoms with Crippen LogP contribution in [0.2, 0.25) is 0 Å². The van der Waals surface area contributed by atoms with E-state index in [1.54, 1.807) is 35.4 Å². The molecule has 1 amide bonds. The molecule has 11 heteroatoms. The van der Waals surface area contributed by atoms with Gasteiger partial charge in [-0.1, -0.05) is 13.0 Å². The van der Waals surface area contributed by atoms with Crippen molar-refractivity contribution in [3.05, 3.63) is 41.3 Å². The van der Waals surface area contributed by atoms with E-state index in [9.17, 15) is 18.3 Å². The molecular weight excluding hydrogens is 526 g/mol. The topological polar surface area (TPSA) is 108 Å². The van der Waals surface area contributed by atoms with E-state index in [-0.39, 0.29) is 46.1 Å². The average Bonchev–Trinajstić information content (AvgIpc) is 3.42. The summed E-state index contributed by atoms with van der Waals surface area (Å²) in [5.74, 6) is 0.0445. The molecule has 1 aromatic heterocycles. The first kappa shape index (κ1) is 30.4. The fourth-order valence-electron chi connectivity index (χ4n) is 4.43. The molecule has 2 aromatic rings. The van der Waals surface area contributed by atoms with Crippen molar-refractivity contribution in [2.24, 2.45) is 5.92 Å². The molecule has 0 fully saturated rings. The molecule has 9 nitrogen and oxygen atoms in total. The first-order valence-corrected chi connectivity index (χ1v) is 15.4. The maximum absolute atomic E-state index is 14.0. The van der Waals surface area contributed by atoms with Gasteiger partial charge in [0.05, 0.1) is 30.4 Å². The first-order chi connectivity index (χ1) is 18.0. The number of amides is 1. The summed E-state index contributed by atoms with van der Waals surface area (Å²) in [7, 11) is 0.195. The van der Waals surface area contributed by atoms with Crippen molar-refractivity contribution in [1.29, 1.82) is 0 Å². The minimum Gasteiger partial charge on any atom is -0.490 e. The second-order valence-corrected chi connectivity index (χ2v) is 13.2. The molecule has 4 atom stereocenters. The highest BCUT2D eigenvalue weighted by Crippen LogP contribution is 2.30. The second-order valence-electron chi connectivity index (χ2n) is 10.3. The van der Waals surface area contributed by atoms with E-state index in [2.05, 4.69) is 16.5 Å². The van der Waals surface area contributed by atoms with E-state index in [0.717, 1.165) is 30.6 Å². The number of sulfonamides is 1. The summed E-state index contributed by atoms with van der Waals surface area (Å²) in [6, 6.07) is 7.51. The Balaban J connectivity index is 2.01. The van der Waals surface area contributed by atoms with Crippen molar-refractivity contribution in [3.8, 4) is 5.75 Å². The molecule has 0 spiro atoms. The highest BCUT2D eigenvalue weighted by Gasteiger charge is 2.30.